The molecule has 0 bridgehead atoms. The van der Waals surface area contributed by atoms with Gasteiger partial charge in [-0.15, -0.1) is 0 Å². The molecule has 3 heterocycles. The Kier molecular flexibility index (Phi) is 5.29. The average molecular weight is 437 g/mol. The molecule has 32 heavy (non-hydrogen) atoms. The number of benzene rings is 2. The lowest BCUT2D eigenvalue weighted by atomic mass is 9.73. The van der Waals surface area contributed by atoms with Crippen LogP contribution >= 0.6 is 0 Å². The molecule has 3 fully saturated rings. The molecule has 7 nitrogen and oxygen atoms in total. The predicted octanol–water partition coefficient (Wildman–Crippen LogP) is 3.37. The first-order valence-electron chi connectivity index (χ1n) is 11.1. The van der Waals surface area contributed by atoms with Crippen molar-refractivity contribution in [1.82, 2.24) is 4.90 Å². The second-order valence-electron chi connectivity index (χ2n) is 8.87. The number of hydrogen-bond donors (Lipinski definition) is 0. The van der Waals surface area contributed by atoms with Gasteiger partial charge in [-0.2, -0.15) is 0 Å². The molecule has 0 aliphatic carbocycles. The van der Waals surface area contributed by atoms with E-state index in [4.69, 9.17) is 14.2 Å². The second kappa shape index (κ2) is 8.13. The molecule has 0 radical (unpaired) electrons. The maximum Gasteiger partial charge on any atom is 0.415 e. The second-order valence-corrected chi connectivity index (χ2v) is 8.87. The summed E-state index contributed by atoms with van der Waals surface area (Å²) in [7, 11) is 1.63. The monoisotopic (exact) mass is 436 g/mol. The van der Waals surface area contributed by atoms with Crippen LogP contribution in [-0.2, 0) is 19.7 Å². The standard InChI is InChI=1S/C25H28N2O5/c1-30-21-9-7-19(8-10-21)25(12-15-31-16-13-25)22(28)26-14-11-24(17-26)18-27(23(29)32-24)20-5-3-2-4-6-20/h2-10H,11-18H2,1H3. The highest BCUT2D eigenvalue weighted by atomic mass is 16.6. The van der Waals surface area contributed by atoms with Gasteiger partial charge in [0.1, 0.15) is 5.75 Å². The van der Waals surface area contributed by atoms with Gasteiger partial charge in [0.15, 0.2) is 5.60 Å². The number of nitrogens with zero attached hydrogens (tertiary/aromatic N) is 2. The molecule has 3 saturated heterocycles. The summed E-state index contributed by atoms with van der Waals surface area (Å²) in [5.41, 5.74) is 0.521. The topological polar surface area (TPSA) is 68.3 Å². The molecule has 2 amide bonds. The van der Waals surface area contributed by atoms with Crippen LogP contribution in [0.3, 0.4) is 0 Å². The van der Waals surface area contributed by atoms with Crippen molar-refractivity contribution in [3.63, 3.8) is 0 Å². The van der Waals surface area contributed by atoms with Crippen LogP contribution in [0, 0.1) is 0 Å². The summed E-state index contributed by atoms with van der Waals surface area (Å²) in [4.78, 5) is 30.1. The molecular weight excluding hydrogens is 408 g/mol. The Morgan fingerprint density at radius 3 is 2.38 bits per heavy atom. The minimum atomic E-state index is -0.658. The molecule has 0 aromatic heterocycles. The number of likely N-dealkylation sites (tertiary alicyclic amines) is 1. The Balaban J connectivity index is 1.37. The minimum absolute atomic E-state index is 0.0945. The van der Waals surface area contributed by atoms with Crippen molar-refractivity contribution in [2.24, 2.45) is 0 Å². The lowest BCUT2D eigenvalue weighted by Gasteiger charge is -2.39. The van der Waals surface area contributed by atoms with Gasteiger partial charge < -0.3 is 19.1 Å². The summed E-state index contributed by atoms with van der Waals surface area (Å²) >= 11 is 0. The van der Waals surface area contributed by atoms with Crippen LogP contribution in [0.5, 0.6) is 5.75 Å². The van der Waals surface area contributed by atoms with Crippen LogP contribution < -0.4 is 9.64 Å². The van der Waals surface area contributed by atoms with Gasteiger partial charge in [-0.25, -0.2) is 4.79 Å². The molecule has 3 aliphatic rings. The molecule has 7 heteroatoms. The fourth-order valence-corrected chi connectivity index (χ4v) is 5.22. The normalized spacial score (nSPS) is 24.6. The first-order chi connectivity index (χ1) is 15.6. The van der Waals surface area contributed by atoms with E-state index in [1.807, 2.05) is 59.5 Å². The van der Waals surface area contributed by atoms with Crippen molar-refractivity contribution >= 4 is 17.7 Å². The van der Waals surface area contributed by atoms with Gasteiger partial charge in [-0.05, 0) is 42.7 Å². The van der Waals surface area contributed by atoms with E-state index in [0.29, 0.717) is 52.1 Å². The Bertz CT molecular complexity index is 987. The number of carbonyl (C=O) groups excluding carboxylic acids is 2. The average Bonchev–Trinajstić information content (AvgIpc) is 3.41. The van der Waals surface area contributed by atoms with Crippen molar-refractivity contribution in [1.29, 1.82) is 0 Å². The van der Waals surface area contributed by atoms with Gasteiger partial charge in [0.05, 0.1) is 25.6 Å². The third-order valence-electron chi connectivity index (χ3n) is 7.04. The molecule has 1 unspecified atom stereocenters. The largest absolute Gasteiger partial charge is 0.497 e. The molecule has 3 aliphatic heterocycles. The lowest BCUT2D eigenvalue weighted by Crippen LogP contribution is -2.50. The van der Waals surface area contributed by atoms with E-state index >= 15 is 0 Å². The van der Waals surface area contributed by atoms with E-state index in [9.17, 15) is 9.59 Å². The van der Waals surface area contributed by atoms with Crippen molar-refractivity contribution in [2.45, 2.75) is 30.3 Å². The smallest absolute Gasteiger partial charge is 0.415 e. The van der Waals surface area contributed by atoms with Crippen LogP contribution in [-0.4, -0.2) is 62.5 Å². The van der Waals surface area contributed by atoms with Crippen LogP contribution in [0.25, 0.3) is 0 Å². The summed E-state index contributed by atoms with van der Waals surface area (Å²) in [6.07, 6.45) is 1.57. The molecule has 1 atom stereocenters. The van der Waals surface area contributed by atoms with Crippen molar-refractivity contribution < 1.29 is 23.8 Å². The highest BCUT2D eigenvalue weighted by molar-refractivity contribution is 5.91. The van der Waals surface area contributed by atoms with Gasteiger partial charge in [-0.3, -0.25) is 9.69 Å². The van der Waals surface area contributed by atoms with Crippen molar-refractivity contribution in [3.8, 4) is 5.75 Å². The van der Waals surface area contributed by atoms with Crippen LogP contribution in [0.1, 0.15) is 24.8 Å². The number of amides is 2. The van der Waals surface area contributed by atoms with E-state index in [-0.39, 0.29) is 12.0 Å². The number of para-hydroxylation sites is 1. The number of anilines is 1. The van der Waals surface area contributed by atoms with E-state index in [1.54, 1.807) is 12.0 Å². The number of ether oxygens (including phenoxy) is 3. The highest BCUT2D eigenvalue weighted by Crippen LogP contribution is 2.41. The van der Waals surface area contributed by atoms with Gasteiger partial charge in [0.25, 0.3) is 0 Å². The third kappa shape index (κ3) is 3.50. The third-order valence-corrected chi connectivity index (χ3v) is 7.04. The number of hydrogen-bond acceptors (Lipinski definition) is 5. The van der Waals surface area contributed by atoms with E-state index in [0.717, 1.165) is 17.0 Å². The minimum Gasteiger partial charge on any atom is -0.497 e. The van der Waals surface area contributed by atoms with Gasteiger partial charge in [-0.1, -0.05) is 30.3 Å². The quantitative estimate of drug-likeness (QED) is 0.735. The number of rotatable bonds is 4. The van der Waals surface area contributed by atoms with E-state index < -0.39 is 11.0 Å². The molecule has 0 N–H and O–H groups in total. The molecule has 5 rings (SSSR count). The maximum atomic E-state index is 13.9. The van der Waals surface area contributed by atoms with Gasteiger partial charge >= 0.3 is 6.09 Å². The zero-order valence-corrected chi connectivity index (χ0v) is 18.3. The summed E-state index contributed by atoms with van der Waals surface area (Å²) in [6, 6.07) is 17.3. The summed E-state index contributed by atoms with van der Waals surface area (Å²) in [5, 5.41) is 0. The Hall–Kier alpha value is -3.06. The SMILES string of the molecule is COc1ccc(C2(C(=O)N3CCC4(C3)CN(c3ccccc3)C(=O)O4)CCOCC2)cc1. The summed E-state index contributed by atoms with van der Waals surface area (Å²) in [5.74, 6) is 0.861. The molecule has 168 valence electrons. The Morgan fingerprint density at radius 1 is 0.969 bits per heavy atom. The zero-order chi connectivity index (χ0) is 22.2. The maximum absolute atomic E-state index is 13.9. The van der Waals surface area contributed by atoms with Crippen molar-refractivity contribution in [2.75, 3.05) is 44.9 Å². The summed E-state index contributed by atoms with van der Waals surface area (Å²) in [6.45, 7) is 2.55. The predicted molar refractivity (Wildman–Crippen MR) is 119 cm³/mol. The fourth-order valence-electron chi connectivity index (χ4n) is 5.22. The number of methoxy groups -OCH3 is 1. The molecule has 0 saturated carbocycles. The van der Waals surface area contributed by atoms with Gasteiger partial charge in [0, 0.05) is 31.9 Å². The van der Waals surface area contributed by atoms with Crippen LogP contribution in [0.2, 0.25) is 0 Å². The molecular formula is C25H28N2O5. The van der Waals surface area contributed by atoms with Gasteiger partial charge in [0.2, 0.25) is 5.91 Å². The molecule has 2 aromatic rings. The molecule has 1 spiro atoms. The zero-order valence-electron chi connectivity index (χ0n) is 18.3. The number of carbonyl (C=O) groups is 2. The van der Waals surface area contributed by atoms with Crippen LogP contribution in [0.4, 0.5) is 10.5 Å². The molecule has 2 aromatic carbocycles. The lowest BCUT2D eigenvalue weighted by molar-refractivity contribution is -0.141. The first-order valence-corrected chi connectivity index (χ1v) is 11.1. The van der Waals surface area contributed by atoms with E-state index in [1.165, 1.54) is 0 Å². The van der Waals surface area contributed by atoms with Crippen molar-refractivity contribution in [3.05, 3.63) is 60.2 Å². The first kappa shape index (κ1) is 20.8. The Labute approximate surface area is 187 Å². The fraction of sp³-hybridized carbons (Fsp3) is 0.440. The van der Waals surface area contributed by atoms with E-state index in [2.05, 4.69) is 0 Å². The Morgan fingerprint density at radius 2 is 1.69 bits per heavy atom. The summed E-state index contributed by atoms with van der Waals surface area (Å²) < 4.78 is 16.8. The highest BCUT2D eigenvalue weighted by Gasteiger charge is 2.54. The van der Waals surface area contributed by atoms with Crippen LogP contribution in [0.15, 0.2) is 54.6 Å².